The van der Waals surface area contributed by atoms with Gasteiger partial charge in [-0.25, -0.2) is 4.98 Å². The second-order valence-corrected chi connectivity index (χ2v) is 7.93. The zero-order valence-electron chi connectivity index (χ0n) is 13.9. The molecule has 28 heavy (non-hydrogen) atoms. The van der Waals surface area contributed by atoms with E-state index in [-0.39, 0.29) is 16.4 Å². The Kier molecular flexibility index (Phi) is 4.71. The first-order chi connectivity index (χ1) is 13.4. The van der Waals surface area contributed by atoms with Crippen LogP contribution in [0.4, 0.5) is 5.69 Å². The van der Waals surface area contributed by atoms with E-state index in [0.717, 1.165) is 10.4 Å². The van der Waals surface area contributed by atoms with Crippen molar-refractivity contribution in [3.8, 4) is 16.2 Å². The third-order valence-electron chi connectivity index (χ3n) is 3.95. The molecule has 4 rings (SSSR count). The Hall–Kier alpha value is -3.01. The van der Waals surface area contributed by atoms with Crippen LogP contribution in [0.25, 0.3) is 31.8 Å². The molecule has 140 valence electrons. The molecule has 0 fully saturated rings. The molecule has 7 nitrogen and oxygen atoms in total. The van der Waals surface area contributed by atoms with Crippen LogP contribution in [0.5, 0.6) is 5.75 Å². The molecule has 3 aromatic heterocycles. The summed E-state index contributed by atoms with van der Waals surface area (Å²) >= 11 is 9.17. The Morgan fingerprint density at radius 2 is 2.14 bits per heavy atom. The molecule has 4 aromatic rings. The van der Waals surface area contributed by atoms with Gasteiger partial charge in [-0.1, -0.05) is 23.7 Å². The minimum absolute atomic E-state index is 0.116. The first kappa shape index (κ1) is 18.4. The maximum atomic E-state index is 12.6. The van der Waals surface area contributed by atoms with Gasteiger partial charge in [0, 0.05) is 21.9 Å². The van der Waals surface area contributed by atoms with Crippen LogP contribution >= 0.6 is 34.3 Å². The number of halogens is 1. The maximum absolute atomic E-state index is 12.6. The highest BCUT2D eigenvalue weighted by Crippen LogP contribution is 2.34. The Morgan fingerprint density at radius 1 is 1.32 bits per heavy atom. The summed E-state index contributed by atoms with van der Waals surface area (Å²) in [5.74, 6) is -0.277. The number of phenolic OH excluding ortho intramolecular Hbond substituents is 1. The predicted molar refractivity (Wildman–Crippen MR) is 112 cm³/mol. The molecule has 0 aliphatic rings. The normalized spacial score (nSPS) is 11.8. The number of hydrogen-bond acceptors (Lipinski definition) is 7. The maximum Gasteiger partial charge on any atom is 0.311 e. The highest BCUT2D eigenvalue weighted by molar-refractivity contribution is 7.18. The van der Waals surface area contributed by atoms with Gasteiger partial charge in [-0.15, -0.1) is 22.7 Å². The molecular formula is C18H10ClN3O4S2. The molecular weight excluding hydrogens is 422 g/mol. The summed E-state index contributed by atoms with van der Waals surface area (Å²) in [6, 6.07) is 7.72. The Bertz CT molecular complexity index is 1290. The number of fused-ring (bicyclic) bond motifs is 1. The summed E-state index contributed by atoms with van der Waals surface area (Å²) in [7, 11) is 0. The number of aromatic nitrogens is 2. The molecule has 2 N–H and O–H groups in total. The van der Waals surface area contributed by atoms with Crippen molar-refractivity contribution >= 4 is 61.3 Å². The van der Waals surface area contributed by atoms with Gasteiger partial charge in [0.15, 0.2) is 11.6 Å². The van der Waals surface area contributed by atoms with Crippen molar-refractivity contribution in [2.24, 2.45) is 0 Å². The van der Waals surface area contributed by atoms with E-state index in [0.29, 0.717) is 15.8 Å². The van der Waals surface area contributed by atoms with Gasteiger partial charge in [-0.2, -0.15) is 0 Å². The molecule has 10 heteroatoms. The monoisotopic (exact) mass is 431 g/mol. The van der Waals surface area contributed by atoms with Crippen molar-refractivity contribution in [1.82, 2.24) is 9.97 Å². The summed E-state index contributed by atoms with van der Waals surface area (Å²) in [6.45, 7) is 0. The molecule has 0 aliphatic heterocycles. The number of nitrogens with one attached hydrogen (secondary N) is 1. The van der Waals surface area contributed by atoms with Gasteiger partial charge in [0.2, 0.25) is 0 Å². The molecule has 1 aromatic carbocycles. The lowest BCUT2D eigenvalue weighted by Gasteiger charge is -2.02. The van der Waals surface area contributed by atoms with Crippen LogP contribution < -0.4 is 5.56 Å². The van der Waals surface area contributed by atoms with Crippen molar-refractivity contribution in [1.29, 1.82) is 0 Å². The molecule has 0 saturated heterocycles. The molecule has 0 bridgehead atoms. The van der Waals surface area contributed by atoms with E-state index < -0.39 is 16.4 Å². The summed E-state index contributed by atoms with van der Waals surface area (Å²) < 4.78 is 0. The van der Waals surface area contributed by atoms with E-state index in [9.17, 15) is 20.0 Å². The SMILES string of the molecule is O=c1[nH]c(/C(Cl)=C/c2ccc(O)c([N+](=O)[O-])c2)nc2scc(-c3cccs3)c12. The van der Waals surface area contributed by atoms with Crippen LogP contribution in [0, 0.1) is 10.1 Å². The molecule has 3 heterocycles. The van der Waals surface area contributed by atoms with Gasteiger partial charge in [0.05, 0.1) is 15.3 Å². The topological polar surface area (TPSA) is 109 Å². The zero-order valence-corrected chi connectivity index (χ0v) is 16.3. The molecule has 0 aliphatic carbocycles. The fourth-order valence-electron chi connectivity index (χ4n) is 2.67. The molecule has 0 unspecified atom stereocenters. The second kappa shape index (κ2) is 7.19. The summed E-state index contributed by atoms with van der Waals surface area (Å²) in [4.78, 5) is 31.5. The fraction of sp³-hybridized carbons (Fsp3) is 0. The number of benzene rings is 1. The van der Waals surface area contributed by atoms with E-state index in [1.165, 1.54) is 46.9 Å². The summed E-state index contributed by atoms with van der Waals surface area (Å²) in [6.07, 6.45) is 1.44. The van der Waals surface area contributed by atoms with E-state index in [1.54, 1.807) is 0 Å². The number of aromatic amines is 1. The van der Waals surface area contributed by atoms with Crippen LogP contribution in [-0.4, -0.2) is 20.0 Å². The number of H-pyrrole nitrogens is 1. The number of nitrogens with zero attached hydrogens (tertiary/aromatic N) is 2. The first-order valence-corrected chi connectivity index (χ1v) is 9.98. The highest BCUT2D eigenvalue weighted by Gasteiger charge is 2.16. The number of hydrogen-bond donors (Lipinski definition) is 2. The van der Waals surface area contributed by atoms with E-state index in [1.807, 2.05) is 22.9 Å². The van der Waals surface area contributed by atoms with Gasteiger partial charge in [-0.3, -0.25) is 14.9 Å². The number of rotatable bonds is 4. The van der Waals surface area contributed by atoms with E-state index in [2.05, 4.69) is 9.97 Å². The zero-order chi connectivity index (χ0) is 19.8. The van der Waals surface area contributed by atoms with E-state index >= 15 is 0 Å². The van der Waals surface area contributed by atoms with E-state index in [4.69, 9.17) is 11.6 Å². The number of nitro groups is 1. The Labute approximate surface area is 170 Å². The predicted octanol–water partition coefficient (Wildman–Crippen LogP) is 5.06. The largest absolute Gasteiger partial charge is 0.502 e. The average Bonchev–Trinajstić information content (AvgIpc) is 3.32. The smallest absolute Gasteiger partial charge is 0.311 e. The average molecular weight is 432 g/mol. The van der Waals surface area contributed by atoms with Crippen molar-refractivity contribution in [2.75, 3.05) is 0 Å². The van der Waals surface area contributed by atoms with Crippen molar-refractivity contribution < 1.29 is 10.0 Å². The highest BCUT2D eigenvalue weighted by atomic mass is 35.5. The minimum Gasteiger partial charge on any atom is -0.502 e. The molecule has 0 spiro atoms. The third kappa shape index (κ3) is 3.31. The van der Waals surface area contributed by atoms with Crippen LogP contribution in [-0.2, 0) is 0 Å². The summed E-state index contributed by atoms with van der Waals surface area (Å²) in [5, 5.41) is 24.9. The minimum atomic E-state index is -0.690. The number of nitro benzene ring substituents is 1. The lowest BCUT2D eigenvalue weighted by atomic mass is 10.1. The summed E-state index contributed by atoms with van der Waals surface area (Å²) in [5.41, 5.74) is 0.467. The lowest BCUT2D eigenvalue weighted by Crippen LogP contribution is -2.10. The van der Waals surface area contributed by atoms with Gasteiger partial charge < -0.3 is 10.1 Å². The Morgan fingerprint density at radius 3 is 2.86 bits per heavy atom. The van der Waals surface area contributed by atoms with Crippen molar-refractivity contribution in [3.63, 3.8) is 0 Å². The molecule has 0 atom stereocenters. The lowest BCUT2D eigenvalue weighted by molar-refractivity contribution is -0.385. The van der Waals surface area contributed by atoms with Gasteiger partial charge in [-0.05, 0) is 29.2 Å². The van der Waals surface area contributed by atoms with Crippen LogP contribution in [0.3, 0.4) is 0 Å². The van der Waals surface area contributed by atoms with Crippen molar-refractivity contribution in [3.05, 3.63) is 72.9 Å². The van der Waals surface area contributed by atoms with Gasteiger partial charge >= 0.3 is 5.69 Å². The quantitative estimate of drug-likeness (QED) is 0.346. The van der Waals surface area contributed by atoms with Gasteiger partial charge in [0.1, 0.15) is 4.83 Å². The standard InChI is InChI=1S/C18H10ClN3O4S2/c19-11(6-9-3-4-13(23)12(7-9)22(25)26)16-20-17(24)15-10(8-28-18(15)21-16)14-2-1-5-27-14/h1-8,23H,(H,20,21,24)/b11-6-. The third-order valence-corrected chi connectivity index (χ3v) is 6.01. The van der Waals surface area contributed by atoms with Crippen LogP contribution in [0.2, 0.25) is 0 Å². The Balaban J connectivity index is 1.77. The first-order valence-electron chi connectivity index (χ1n) is 7.84. The number of thiophene rings is 2. The van der Waals surface area contributed by atoms with Crippen LogP contribution in [0.1, 0.15) is 11.4 Å². The molecule has 0 saturated carbocycles. The van der Waals surface area contributed by atoms with Crippen LogP contribution in [0.15, 0.2) is 45.9 Å². The number of aromatic hydroxyl groups is 1. The van der Waals surface area contributed by atoms with Crippen molar-refractivity contribution in [2.45, 2.75) is 0 Å². The molecule has 0 amide bonds. The second-order valence-electron chi connectivity index (χ2n) is 5.72. The van der Waals surface area contributed by atoms with Gasteiger partial charge in [0.25, 0.3) is 5.56 Å². The fourth-order valence-corrected chi connectivity index (χ4v) is 4.64. The number of phenols is 1. The molecule has 0 radical (unpaired) electrons.